The summed E-state index contributed by atoms with van der Waals surface area (Å²) in [4.78, 5) is 43.2. The summed E-state index contributed by atoms with van der Waals surface area (Å²) in [6.45, 7) is 11.3. The van der Waals surface area contributed by atoms with E-state index in [1.807, 2.05) is 40.7 Å². The number of hydrogen-bond acceptors (Lipinski definition) is 6. The van der Waals surface area contributed by atoms with Crippen LogP contribution in [0.2, 0.25) is 5.02 Å². The Balaban J connectivity index is 1.44. The highest BCUT2D eigenvalue weighted by molar-refractivity contribution is 6.41. The Hall–Kier alpha value is -3.66. The van der Waals surface area contributed by atoms with Gasteiger partial charge in [-0.3, -0.25) is 14.6 Å². The van der Waals surface area contributed by atoms with Crippen LogP contribution in [-0.4, -0.2) is 79.5 Å². The number of piperazine rings is 1. The molecule has 198 valence electrons. The fourth-order valence-corrected chi connectivity index (χ4v) is 5.05. The topological polar surface area (TPSA) is 95.5 Å². The monoisotopic (exact) mass is 537 g/mol. The molecule has 38 heavy (non-hydrogen) atoms. The fourth-order valence-electron chi connectivity index (χ4n) is 4.87. The number of carbonyl (C=O) groups is 2. The summed E-state index contributed by atoms with van der Waals surface area (Å²) in [5.41, 5.74) is 3.19. The largest absolute Gasteiger partial charge is 0.332 e. The molecule has 1 aromatic carbocycles. The van der Waals surface area contributed by atoms with Gasteiger partial charge in [-0.25, -0.2) is 18.9 Å². The second-order valence-electron chi connectivity index (χ2n) is 10.6. The number of imidazole rings is 1. The van der Waals surface area contributed by atoms with Crippen LogP contribution in [0.1, 0.15) is 56.6 Å². The van der Waals surface area contributed by atoms with Crippen LogP contribution in [-0.2, 0) is 4.79 Å². The molecule has 11 heteroatoms. The van der Waals surface area contributed by atoms with Gasteiger partial charge in [-0.1, -0.05) is 25.4 Å². The first kappa shape index (κ1) is 26.0. The molecule has 0 saturated carbocycles. The Labute approximate surface area is 225 Å². The van der Waals surface area contributed by atoms with Crippen LogP contribution in [0.4, 0.5) is 4.39 Å². The van der Waals surface area contributed by atoms with Gasteiger partial charge >= 0.3 is 0 Å². The van der Waals surface area contributed by atoms with E-state index in [9.17, 15) is 14.0 Å². The summed E-state index contributed by atoms with van der Waals surface area (Å²) < 4.78 is 15.3. The van der Waals surface area contributed by atoms with Gasteiger partial charge in [0.05, 0.1) is 29.0 Å². The molecule has 0 radical (unpaired) electrons. The van der Waals surface area contributed by atoms with Crippen molar-refractivity contribution in [1.29, 1.82) is 0 Å². The number of aromatic nitrogens is 3. The predicted octanol–water partition coefficient (Wildman–Crippen LogP) is 4.25. The van der Waals surface area contributed by atoms with Gasteiger partial charge in [0.15, 0.2) is 5.65 Å². The van der Waals surface area contributed by atoms with E-state index in [1.165, 1.54) is 12.1 Å². The van der Waals surface area contributed by atoms with Crippen molar-refractivity contribution in [2.45, 2.75) is 46.1 Å². The van der Waals surface area contributed by atoms with Crippen molar-refractivity contribution in [1.82, 2.24) is 24.4 Å². The number of amides is 2. The first-order valence-electron chi connectivity index (χ1n) is 12.5. The van der Waals surface area contributed by atoms with E-state index in [2.05, 4.69) is 20.1 Å². The Bertz CT molecular complexity index is 1530. The minimum Gasteiger partial charge on any atom is -0.332 e. The number of carbonyl (C=O) groups excluding carboxylic acids is 2. The van der Waals surface area contributed by atoms with Crippen LogP contribution >= 0.6 is 11.6 Å². The molecule has 2 aromatic heterocycles. The van der Waals surface area contributed by atoms with Gasteiger partial charge < -0.3 is 9.80 Å². The summed E-state index contributed by atoms with van der Waals surface area (Å²) in [6, 6.07) is 6.36. The SMILES string of the molecule is CC1=NC(C(=O)N2CCN(C(=O)c3cn4nc(-c5ccc(F)c(Cl)c5)cc(C(C)C)c4n3)C(C)(C)C2)=NC1. The second kappa shape index (κ2) is 9.58. The van der Waals surface area contributed by atoms with E-state index in [-0.39, 0.29) is 34.3 Å². The number of amidine groups is 1. The van der Waals surface area contributed by atoms with Crippen LogP contribution in [0.5, 0.6) is 0 Å². The molecule has 1 fully saturated rings. The maximum atomic E-state index is 13.7. The smallest absolute Gasteiger partial charge is 0.291 e. The Kier molecular flexibility index (Phi) is 6.54. The Morgan fingerprint density at radius 2 is 1.89 bits per heavy atom. The zero-order valence-corrected chi connectivity index (χ0v) is 22.8. The lowest BCUT2D eigenvalue weighted by Gasteiger charge is -2.46. The molecule has 0 spiro atoms. The van der Waals surface area contributed by atoms with Crippen LogP contribution < -0.4 is 0 Å². The highest BCUT2D eigenvalue weighted by Gasteiger charge is 2.40. The van der Waals surface area contributed by atoms with E-state index >= 15 is 0 Å². The van der Waals surface area contributed by atoms with Crippen molar-refractivity contribution >= 4 is 40.6 Å². The van der Waals surface area contributed by atoms with Crippen LogP contribution in [0.25, 0.3) is 16.9 Å². The molecule has 0 unspecified atom stereocenters. The fraction of sp³-hybridized carbons (Fsp3) is 0.407. The third-order valence-corrected chi connectivity index (χ3v) is 7.18. The van der Waals surface area contributed by atoms with Gasteiger partial charge in [0.1, 0.15) is 11.5 Å². The van der Waals surface area contributed by atoms with Crippen molar-refractivity contribution in [3.05, 3.63) is 52.6 Å². The van der Waals surface area contributed by atoms with E-state index in [1.54, 1.807) is 26.6 Å². The van der Waals surface area contributed by atoms with Crippen molar-refractivity contribution in [3.63, 3.8) is 0 Å². The molecule has 5 rings (SSSR count). The Morgan fingerprint density at radius 1 is 1.13 bits per heavy atom. The lowest BCUT2D eigenvalue weighted by molar-refractivity contribution is -0.128. The normalized spacial score (nSPS) is 17.3. The maximum Gasteiger partial charge on any atom is 0.291 e. The van der Waals surface area contributed by atoms with E-state index in [4.69, 9.17) is 11.6 Å². The zero-order chi connectivity index (χ0) is 27.4. The molecule has 2 amide bonds. The maximum absolute atomic E-state index is 13.7. The number of nitrogens with zero attached hydrogens (tertiary/aromatic N) is 7. The first-order valence-corrected chi connectivity index (χ1v) is 12.9. The van der Waals surface area contributed by atoms with Crippen LogP contribution in [0, 0.1) is 5.82 Å². The summed E-state index contributed by atoms with van der Waals surface area (Å²) in [5, 5.41) is 4.67. The molecule has 0 bridgehead atoms. The number of aliphatic imine (C=N–C) groups is 2. The first-order chi connectivity index (χ1) is 17.9. The molecule has 0 N–H and O–H groups in total. The quantitative estimate of drug-likeness (QED) is 0.497. The molecular weight excluding hydrogens is 509 g/mol. The minimum absolute atomic E-state index is 0.0128. The third-order valence-electron chi connectivity index (χ3n) is 6.89. The molecule has 1 saturated heterocycles. The van der Waals surface area contributed by atoms with E-state index in [0.29, 0.717) is 43.1 Å². The third kappa shape index (κ3) is 4.69. The van der Waals surface area contributed by atoms with Gasteiger partial charge in [0.25, 0.3) is 11.8 Å². The van der Waals surface area contributed by atoms with E-state index in [0.717, 1.165) is 11.3 Å². The highest BCUT2D eigenvalue weighted by atomic mass is 35.5. The molecular formula is C27H29ClFN7O2. The zero-order valence-electron chi connectivity index (χ0n) is 22.0. The van der Waals surface area contributed by atoms with Gasteiger partial charge in [-0.15, -0.1) is 0 Å². The van der Waals surface area contributed by atoms with Crippen LogP contribution in [0.15, 0.2) is 40.4 Å². The lowest BCUT2D eigenvalue weighted by Crippen LogP contribution is -2.62. The van der Waals surface area contributed by atoms with Crippen LogP contribution in [0.3, 0.4) is 0 Å². The highest BCUT2D eigenvalue weighted by Crippen LogP contribution is 2.29. The lowest BCUT2D eigenvalue weighted by atomic mass is 9.98. The summed E-state index contributed by atoms with van der Waals surface area (Å²) in [5.74, 6) is -0.630. The molecule has 0 aliphatic carbocycles. The second-order valence-corrected chi connectivity index (χ2v) is 11.1. The van der Waals surface area contributed by atoms with Crippen molar-refractivity contribution in [2.24, 2.45) is 9.98 Å². The Morgan fingerprint density at radius 3 is 2.53 bits per heavy atom. The van der Waals surface area contributed by atoms with Gasteiger partial charge in [0, 0.05) is 36.5 Å². The number of fused-ring (bicyclic) bond motifs is 1. The molecule has 2 aliphatic rings. The summed E-state index contributed by atoms with van der Waals surface area (Å²) >= 11 is 6.01. The number of halogens is 2. The van der Waals surface area contributed by atoms with Gasteiger partial charge in [-0.2, -0.15) is 5.10 Å². The number of rotatable bonds is 4. The van der Waals surface area contributed by atoms with Crippen molar-refractivity contribution in [3.8, 4) is 11.3 Å². The molecule has 2 aliphatic heterocycles. The van der Waals surface area contributed by atoms with Crippen molar-refractivity contribution < 1.29 is 14.0 Å². The average molecular weight is 538 g/mol. The minimum atomic E-state index is -0.636. The molecule has 9 nitrogen and oxygen atoms in total. The number of benzene rings is 1. The predicted molar refractivity (Wildman–Crippen MR) is 145 cm³/mol. The standard InChI is InChI=1S/C27H29ClFN7O2/c1-15(2)18-11-21(17-6-7-20(29)19(28)10-17)33-36-13-22(32-24(18)36)25(37)35-9-8-34(14-27(35,4)5)26(38)23-30-12-16(3)31-23/h6-7,10-11,13,15H,8-9,12,14H2,1-5H3. The van der Waals surface area contributed by atoms with Gasteiger partial charge in [-0.05, 0) is 51.0 Å². The average Bonchev–Trinajstić information content (AvgIpc) is 3.49. The van der Waals surface area contributed by atoms with Gasteiger partial charge in [0.2, 0.25) is 5.84 Å². The molecule has 4 heterocycles. The number of hydrogen-bond donors (Lipinski definition) is 0. The summed E-state index contributed by atoms with van der Waals surface area (Å²) in [6.07, 6.45) is 1.62. The van der Waals surface area contributed by atoms with E-state index < -0.39 is 11.4 Å². The summed E-state index contributed by atoms with van der Waals surface area (Å²) in [7, 11) is 0. The van der Waals surface area contributed by atoms with Crippen molar-refractivity contribution in [2.75, 3.05) is 26.2 Å². The molecule has 0 atom stereocenters. The molecule has 3 aromatic rings.